The number of sulfonamides is 2. The number of ether oxygens (including phenoxy) is 2. The Hall–Kier alpha value is -3.45. The third-order valence-electron chi connectivity index (χ3n) is 6.65. The van der Waals surface area contributed by atoms with Crippen molar-refractivity contribution in [3.05, 3.63) is 58.7 Å². The van der Waals surface area contributed by atoms with E-state index in [1.165, 1.54) is 0 Å². The van der Waals surface area contributed by atoms with E-state index in [-0.39, 0.29) is 41.0 Å². The van der Waals surface area contributed by atoms with Gasteiger partial charge in [0, 0.05) is 6.42 Å². The second kappa shape index (κ2) is 13.0. The Morgan fingerprint density at radius 2 is 1.23 bits per heavy atom. The highest BCUT2D eigenvalue weighted by molar-refractivity contribution is 7.89. The summed E-state index contributed by atoms with van der Waals surface area (Å²) in [4.78, 5) is 12.3. The maximum absolute atomic E-state index is 12.3. The van der Waals surface area contributed by atoms with Gasteiger partial charge in [-0.05, 0) is 48.9 Å². The molecule has 0 spiro atoms. The summed E-state index contributed by atoms with van der Waals surface area (Å²) in [6, 6.07) is 10.4. The van der Waals surface area contributed by atoms with E-state index in [1.54, 1.807) is 36.4 Å². The molecular formula is C30H42N4O7S2. The van der Waals surface area contributed by atoms with Gasteiger partial charge in [0.05, 0.1) is 34.7 Å². The predicted octanol–water partition coefficient (Wildman–Crippen LogP) is 4.06. The minimum atomic E-state index is -3.58. The fourth-order valence-electron chi connectivity index (χ4n) is 4.37. The Balaban J connectivity index is 0.000000242. The number of ketones is 1. The molecule has 2 heterocycles. The van der Waals surface area contributed by atoms with E-state index in [9.17, 15) is 21.6 Å². The molecule has 0 fully saturated rings. The molecule has 0 radical (unpaired) electrons. The third-order valence-corrected chi connectivity index (χ3v) is 8.95. The van der Waals surface area contributed by atoms with Crippen molar-refractivity contribution < 1.29 is 31.1 Å². The Morgan fingerprint density at radius 1 is 0.791 bits per heavy atom. The minimum absolute atomic E-state index is 0.00533. The normalized spacial score (nSPS) is 16.8. The first-order chi connectivity index (χ1) is 19.8. The second-order valence-electron chi connectivity index (χ2n) is 12.5. The molecule has 4 N–H and O–H groups in total. The highest BCUT2D eigenvalue weighted by atomic mass is 32.2. The summed E-state index contributed by atoms with van der Waals surface area (Å²) >= 11 is 0. The van der Waals surface area contributed by atoms with Crippen molar-refractivity contribution in [2.45, 2.75) is 72.3 Å². The average molecular weight is 635 g/mol. The molecule has 0 unspecified atom stereocenters. The summed E-state index contributed by atoms with van der Waals surface area (Å²) in [5, 5.41) is 0. The number of carbonyl (C=O) groups excluding carboxylic acids is 1. The minimum Gasteiger partial charge on any atom is -0.492 e. The van der Waals surface area contributed by atoms with Crippen molar-refractivity contribution >= 4 is 37.5 Å². The van der Waals surface area contributed by atoms with E-state index in [1.807, 2.05) is 20.8 Å². The smallest absolute Gasteiger partial charge is 0.259 e. The molecule has 2 aliphatic rings. The number of amidine groups is 2. The van der Waals surface area contributed by atoms with Crippen LogP contribution in [0.5, 0.6) is 11.5 Å². The molecule has 0 aliphatic carbocycles. The van der Waals surface area contributed by atoms with Crippen molar-refractivity contribution in [1.29, 1.82) is 0 Å². The first kappa shape index (κ1) is 34.0. The molecule has 0 aromatic heterocycles. The highest BCUT2D eigenvalue weighted by Gasteiger charge is 2.30. The Kier molecular flexibility index (Phi) is 10.3. The number of nitrogens with zero attached hydrogens (tertiary/aromatic N) is 2. The number of benzene rings is 2. The van der Waals surface area contributed by atoms with Gasteiger partial charge in [-0.2, -0.15) is 0 Å². The van der Waals surface area contributed by atoms with Gasteiger partial charge in [-0.3, -0.25) is 4.79 Å². The number of fused-ring (bicyclic) bond motifs is 2. The molecule has 236 valence electrons. The van der Waals surface area contributed by atoms with Gasteiger partial charge in [0.25, 0.3) is 20.0 Å². The number of Topliss-reactive ketones (excluding diaryl/α,β-unsaturated/α-hetero) is 1. The van der Waals surface area contributed by atoms with Crippen LogP contribution in [0, 0.1) is 10.8 Å². The number of unbranched alkanes of at least 4 members (excludes halogenated alkanes) is 1. The van der Waals surface area contributed by atoms with Gasteiger partial charge in [0.15, 0.2) is 0 Å². The average Bonchev–Trinajstić information content (AvgIpc) is 2.87. The zero-order chi connectivity index (χ0) is 32.2. The van der Waals surface area contributed by atoms with Crippen LogP contribution in [0.4, 0.5) is 0 Å². The van der Waals surface area contributed by atoms with Crippen LogP contribution in [0.1, 0.15) is 83.1 Å². The molecule has 11 nitrogen and oxygen atoms in total. The number of hydrogen-bond acceptors (Lipinski definition) is 9. The maximum atomic E-state index is 12.3. The van der Waals surface area contributed by atoms with Crippen molar-refractivity contribution in [3.63, 3.8) is 0 Å². The van der Waals surface area contributed by atoms with Gasteiger partial charge in [-0.1, -0.05) is 58.4 Å². The van der Waals surface area contributed by atoms with Crippen molar-refractivity contribution in [2.75, 3.05) is 13.2 Å². The highest BCUT2D eigenvalue weighted by Crippen LogP contribution is 2.31. The lowest BCUT2D eigenvalue weighted by atomic mass is 9.86. The van der Waals surface area contributed by atoms with Crippen LogP contribution in [0.3, 0.4) is 0 Å². The second-order valence-corrected chi connectivity index (χ2v) is 15.8. The quantitative estimate of drug-likeness (QED) is 0.411. The first-order valence-electron chi connectivity index (χ1n) is 14.0. The van der Waals surface area contributed by atoms with Gasteiger partial charge >= 0.3 is 0 Å². The summed E-state index contributed by atoms with van der Waals surface area (Å²) in [7, 11) is -7.07. The van der Waals surface area contributed by atoms with Crippen LogP contribution in [0.15, 0.2) is 45.2 Å². The number of nitrogens with two attached hydrogens (primary N) is 2. The zero-order valence-electron chi connectivity index (χ0n) is 25.6. The third kappa shape index (κ3) is 9.27. The summed E-state index contributed by atoms with van der Waals surface area (Å²) in [6.45, 7) is 12.6. The van der Waals surface area contributed by atoms with Gasteiger partial charge in [-0.25, -0.2) is 16.8 Å². The fourth-order valence-corrected chi connectivity index (χ4v) is 6.55. The molecule has 0 amide bonds. The van der Waals surface area contributed by atoms with Crippen LogP contribution in [0.25, 0.3) is 0 Å². The Labute approximate surface area is 254 Å². The number of carbonyl (C=O) groups is 1. The van der Waals surface area contributed by atoms with Crippen LogP contribution in [-0.4, -0.2) is 47.5 Å². The molecule has 0 saturated heterocycles. The van der Waals surface area contributed by atoms with Crippen LogP contribution in [0.2, 0.25) is 0 Å². The van der Waals surface area contributed by atoms with E-state index in [4.69, 9.17) is 20.9 Å². The van der Waals surface area contributed by atoms with E-state index in [0.29, 0.717) is 46.8 Å². The van der Waals surface area contributed by atoms with Crippen LogP contribution in [-0.2, 0) is 36.3 Å². The number of hydrogen-bond donors (Lipinski definition) is 2. The summed E-state index contributed by atoms with van der Waals surface area (Å²) in [5.41, 5.74) is 13.3. The standard InChI is InChI=1S/C17H24N2O4S.C13H18N2O3S/c1-4-5-9-14(20)17(2,3)11-23-13-8-6-7-12-10-24(21,22)19-16(18)15(12)13;1-13(2,3)8-18-10-6-4-5-9-7-19(16,17)15-12(14)11(9)10/h6-8H,4-5,9-11H2,1-3H3,(H2,18,19);4-6H,7-8H2,1-3H3,(H2,14,15). The predicted molar refractivity (Wildman–Crippen MR) is 168 cm³/mol. The topological polar surface area (TPSA) is 181 Å². The lowest BCUT2D eigenvalue weighted by molar-refractivity contribution is -0.128. The molecule has 2 aliphatic heterocycles. The van der Waals surface area contributed by atoms with Crippen LogP contribution >= 0.6 is 0 Å². The van der Waals surface area contributed by atoms with E-state index >= 15 is 0 Å². The molecule has 0 saturated carbocycles. The number of rotatable bonds is 9. The zero-order valence-corrected chi connectivity index (χ0v) is 27.3. The van der Waals surface area contributed by atoms with Gasteiger partial charge < -0.3 is 20.9 Å². The lowest BCUT2D eigenvalue weighted by Crippen LogP contribution is -2.32. The largest absolute Gasteiger partial charge is 0.492 e. The summed E-state index contributed by atoms with van der Waals surface area (Å²) in [6.07, 6.45) is 2.36. The molecule has 2 aromatic rings. The van der Waals surface area contributed by atoms with Gasteiger partial charge in [-0.15, -0.1) is 8.80 Å². The Morgan fingerprint density at radius 3 is 1.65 bits per heavy atom. The Bertz CT molecular complexity index is 1640. The van der Waals surface area contributed by atoms with E-state index in [0.717, 1.165) is 12.8 Å². The van der Waals surface area contributed by atoms with Crippen molar-refractivity contribution in [1.82, 2.24) is 0 Å². The van der Waals surface area contributed by atoms with E-state index in [2.05, 4.69) is 29.6 Å². The molecule has 0 atom stereocenters. The van der Waals surface area contributed by atoms with Crippen molar-refractivity contribution in [2.24, 2.45) is 31.1 Å². The maximum Gasteiger partial charge on any atom is 0.259 e. The molecule has 0 bridgehead atoms. The monoisotopic (exact) mass is 634 g/mol. The van der Waals surface area contributed by atoms with Gasteiger partial charge in [0.2, 0.25) is 0 Å². The SMILES string of the molecule is CC(C)(C)COc1cccc2c1C(N)=NS(=O)(=O)C2.CCCCC(=O)C(C)(C)COc1cccc2c1C(N)=NS(=O)(=O)C2. The summed E-state index contributed by atoms with van der Waals surface area (Å²) in [5.74, 6) is 0.809. The summed E-state index contributed by atoms with van der Waals surface area (Å²) < 4.78 is 65.2. The molecule has 4 rings (SSSR count). The van der Waals surface area contributed by atoms with Crippen LogP contribution < -0.4 is 20.9 Å². The molecule has 13 heteroatoms. The lowest BCUT2D eigenvalue weighted by Gasteiger charge is -2.25. The van der Waals surface area contributed by atoms with Crippen molar-refractivity contribution in [3.8, 4) is 11.5 Å². The fraction of sp³-hybridized carbons (Fsp3) is 0.500. The molecular weight excluding hydrogens is 592 g/mol. The van der Waals surface area contributed by atoms with Gasteiger partial charge in [0.1, 0.15) is 35.6 Å². The molecule has 43 heavy (non-hydrogen) atoms. The first-order valence-corrected chi connectivity index (χ1v) is 17.3. The molecule has 2 aromatic carbocycles. The van der Waals surface area contributed by atoms with E-state index < -0.39 is 25.5 Å².